The summed E-state index contributed by atoms with van der Waals surface area (Å²) in [6.45, 7) is 14.3. The molecule has 1 aliphatic rings. The number of epoxide rings is 1. The summed E-state index contributed by atoms with van der Waals surface area (Å²) in [4.78, 5) is 0. The van der Waals surface area contributed by atoms with E-state index >= 15 is 0 Å². The van der Waals surface area contributed by atoms with Crippen molar-refractivity contribution in [3.8, 4) is 0 Å². The van der Waals surface area contributed by atoms with Gasteiger partial charge in [-0.2, -0.15) is 0 Å². The highest BCUT2D eigenvalue weighted by Gasteiger charge is 2.39. The Morgan fingerprint density at radius 1 is 1.22 bits per heavy atom. The van der Waals surface area contributed by atoms with Gasteiger partial charge in [-0.25, -0.2) is 0 Å². The van der Waals surface area contributed by atoms with Crippen molar-refractivity contribution >= 4 is 8.32 Å². The standard InChI is InChI=1S/C15H30O2Si/c1-7-18(8-2,9-3)17-13(14-12-16-14)10-11-15(4,5)6/h10-11,13-14H,7-9,12H2,1-6H3/b11-10+/t13-,14+/m1/s1. The Hall–Kier alpha value is -0.123. The number of allylic oxidation sites excluding steroid dienone is 1. The van der Waals surface area contributed by atoms with Crippen LogP contribution in [0.15, 0.2) is 12.2 Å². The van der Waals surface area contributed by atoms with Crippen molar-refractivity contribution in [2.75, 3.05) is 6.61 Å². The molecule has 0 N–H and O–H groups in total. The molecule has 1 rings (SSSR count). The summed E-state index contributed by atoms with van der Waals surface area (Å²) in [5.74, 6) is 0. The lowest BCUT2D eigenvalue weighted by Gasteiger charge is -2.32. The summed E-state index contributed by atoms with van der Waals surface area (Å²) >= 11 is 0. The fraction of sp³-hybridized carbons (Fsp3) is 0.867. The van der Waals surface area contributed by atoms with Gasteiger partial charge in [-0.15, -0.1) is 0 Å². The van der Waals surface area contributed by atoms with E-state index < -0.39 is 8.32 Å². The summed E-state index contributed by atoms with van der Waals surface area (Å²) in [5.41, 5.74) is 0.214. The predicted molar refractivity (Wildman–Crippen MR) is 80.4 cm³/mol. The summed E-state index contributed by atoms with van der Waals surface area (Å²) in [6, 6.07) is 3.60. The minimum absolute atomic E-state index is 0.177. The second-order valence-corrected chi connectivity index (χ2v) is 11.1. The van der Waals surface area contributed by atoms with E-state index in [0.717, 1.165) is 6.61 Å². The molecule has 3 heteroatoms. The van der Waals surface area contributed by atoms with Crippen LogP contribution < -0.4 is 0 Å². The van der Waals surface area contributed by atoms with Crippen LogP contribution >= 0.6 is 0 Å². The summed E-state index contributed by atoms with van der Waals surface area (Å²) in [7, 11) is -1.53. The van der Waals surface area contributed by atoms with Crippen LogP contribution in [0.1, 0.15) is 41.5 Å². The van der Waals surface area contributed by atoms with Crippen LogP contribution in [0.3, 0.4) is 0 Å². The normalized spacial score (nSPS) is 22.4. The van der Waals surface area contributed by atoms with Gasteiger partial charge in [0.2, 0.25) is 0 Å². The van der Waals surface area contributed by atoms with E-state index in [1.165, 1.54) is 18.1 Å². The number of hydrogen-bond donors (Lipinski definition) is 0. The van der Waals surface area contributed by atoms with Gasteiger partial charge in [-0.3, -0.25) is 0 Å². The predicted octanol–water partition coefficient (Wildman–Crippen LogP) is 4.38. The fourth-order valence-electron chi connectivity index (χ4n) is 2.16. The van der Waals surface area contributed by atoms with Crippen LogP contribution in [0.2, 0.25) is 18.1 Å². The Labute approximate surface area is 114 Å². The first-order valence-corrected chi connectivity index (χ1v) is 9.87. The van der Waals surface area contributed by atoms with Gasteiger partial charge in [-0.05, 0) is 23.5 Å². The molecule has 1 saturated heterocycles. The largest absolute Gasteiger partial charge is 0.408 e. The highest BCUT2D eigenvalue weighted by Crippen LogP contribution is 2.29. The summed E-state index contributed by atoms with van der Waals surface area (Å²) < 4.78 is 12.0. The Kier molecular flexibility index (Phi) is 5.62. The van der Waals surface area contributed by atoms with Crippen molar-refractivity contribution in [2.45, 2.75) is 71.9 Å². The first kappa shape index (κ1) is 15.9. The zero-order chi connectivity index (χ0) is 13.8. The quantitative estimate of drug-likeness (QED) is 0.389. The molecular weight excluding hydrogens is 240 g/mol. The molecule has 0 aliphatic carbocycles. The van der Waals surface area contributed by atoms with Crippen molar-refractivity contribution < 1.29 is 9.16 Å². The minimum Gasteiger partial charge on any atom is -0.408 e. The minimum atomic E-state index is -1.53. The Morgan fingerprint density at radius 2 is 1.72 bits per heavy atom. The lowest BCUT2D eigenvalue weighted by Crippen LogP contribution is -2.41. The molecule has 0 bridgehead atoms. The second-order valence-electron chi connectivity index (χ2n) is 6.42. The van der Waals surface area contributed by atoms with E-state index in [2.05, 4.69) is 53.7 Å². The number of hydrogen-bond acceptors (Lipinski definition) is 2. The van der Waals surface area contributed by atoms with Crippen LogP contribution in [0.25, 0.3) is 0 Å². The van der Waals surface area contributed by atoms with Crippen molar-refractivity contribution in [1.82, 2.24) is 0 Å². The lowest BCUT2D eigenvalue weighted by molar-refractivity contribution is 0.186. The number of rotatable bonds is 7. The molecule has 106 valence electrons. The Balaban J connectivity index is 2.71. The monoisotopic (exact) mass is 270 g/mol. The van der Waals surface area contributed by atoms with Crippen LogP contribution in [-0.4, -0.2) is 27.1 Å². The molecule has 1 fully saturated rings. The average molecular weight is 270 g/mol. The molecule has 0 aromatic heterocycles. The molecule has 0 radical (unpaired) electrons. The molecule has 0 amide bonds. The van der Waals surface area contributed by atoms with E-state index in [4.69, 9.17) is 9.16 Å². The molecule has 0 aromatic carbocycles. The molecule has 0 saturated carbocycles. The van der Waals surface area contributed by atoms with Gasteiger partial charge in [-0.1, -0.05) is 53.7 Å². The van der Waals surface area contributed by atoms with Gasteiger partial charge in [0, 0.05) is 0 Å². The highest BCUT2D eigenvalue weighted by atomic mass is 28.4. The molecule has 0 aromatic rings. The zero-order valence-electron chi connectivity index (χ0n) is 13.0. The van der Waals surface area contributed by atoms with E-state index in [1.54, 1.807) is 0 Å². The maximum Gasteiger partial charge on any atom is 0.193 e. The third kappa shape index (κ3) is 4.86. The van der Waals surface area contributed by atoms with Crippen molar-refractivity contribution in [3.63, 3.8) is 0 Å². The van der Waals surface area contributed by atoms with Crippen LogP contribution in [0.5, 0.6) is 0 Å². The lowest BCUT2D eigenvalue weighted by atomic mass is 9.95. The molecule has 1 aliphatic heterocycles. The first-order valence-electron chi connectivity index (χ1n) is 7.34. The molecule has 1 heterocycles. The van der Waals surface area contributed by atoms with E-state index in [1.807, 2.05) is 0 Å². The van der Waals surface area contributed by atoms with Crippen molar-refractivity contribution in [3.05, 3.63) is 12.2 Å². The highest BCUT2D eigenvalue weighted by molar-refractivity contribution is 6.73. The summed E-state index contributed by atoms with van der Waals surface area (Å²) in [5, 5.41) is 0. The van der Waals surface area contributed by atoms with Crippen LogP contribution in [0.4, 0.5) is 0 Å². The number of ether oxygens (including phenoxy) is 1. The van der Waals surface area contributed by atoms with Crippen molar-refractivity contribution in [2.24, 2.45) is 5.41 Å². The first-order chi connectivity index (χ1) is 8.36. The topological polar surface area (TPSA) is 21.8 Å². The van der Waals surface area contributed by atoms with Crippen LogP contribution in [-0.2, 0) is 9.16 Å². The molecule has 0 unspecified atom stereocenters. The van der Waals surface area contributed by atoms with E-state index in [0.29, 0.717) is 6.10 Å². The third-order valence-corrected chi connectivity index (χ3v) is 8.47. The van der Waals surface area contributed by atoms with E-state index in [-0.39, 0.29) is 11.5 Å². The third-order valence-electron chi connectivity index (χ3n) is 3.83. The fourth-order valence-corrected chi connectivity index (χ4v) is 4.96. The zero-order valence-corrected chi connectivity index (χ0v) is 14.0. The average Bonchev–Trinajstić information content (AvgIpc) is 3.13. The van der Waals surface area contributed by atoms with Gasteiger partial charge >= 0.3 is 0 Å². The maximum absolute atomic E-state index is 6.53. The Bertz CT molecular complexity index is 264. The van der Waals surface area contributed by atoms with Crippen LogP contribution in [0, 0.1) is 5.41 Å². The molecular formula is C15H30O2Si. The molecule has 18 heavy (non-hydrogen) atoms. The van der Waals surface area contributed by atoms with Gasteiger partial charge in [0.1, 0.15) is 6.10 Å². The summed E-state index contributed by atoms with van der Waals surface area (Å²) in [6.07, 6.45) is 4.98. The molecule has 2 atom stereocenters. The smallest absolute Gasteiger partial charge is 0.193 e. The van der Waals surface area contributed by atoms with Gasteiger partial charge in [0.05, 0.1) is 12.7 Å². The second kappa shape index (κ2) is 6.35. The molecule has 0 spiro atoms. The maximum atomic E-state index is 6.53. The SMILES string of the molecule is CC[Si](CC)(CC)O[C@H](/C=C/C(C)(C)C)[C@@H]1CO1. The van der Waals surface area contributed by atoms with Crippen molar-refractivity contribution in [1.29, 1.82) is 0 Å². The van der Waals surface area contributed by atoms with Gasteiger partial charge in [0.15, 0.2) is 8.32 Å². The van der Waals surface area contributed by atoms with Gasteiger partial charge in [0.25, 0.3) is 0 Å². The van der Waals surface area contributed by atoms with Gasteiger partial charge < -0.3 is 9.16 Å². The van der Waals surface area contributed by atoms with E-state index in [9.17, 15) is 0 Å². The Morgan fingerprint density at radius 3 is 2.06 bits per heavy atom. The molecule has 2 nitrogen and oxygen atoms in total.